The van der Waals surface area contributed by atoms with Gasteiger partial charge in [0.2, 0.25) is 23.6 Å². The van der Waals surface area contributed by atoms with Crippen LogP contribution < -0.4 is 20.9 Å². The summed E-state index contributed by atoms with van der Waals surface area (Å²) in [6, 6.07) is 6.81. The van der Waals surface area contributed by atoms with Crippen molar-refractivity contribution in [1.82, 2.24) is 29.9 Å². The largest absolute Gasteiger partial charge is 0.491 e. The molecule has 1 aromatic carbocycles. The summed E-state index contributed by atoms with van der Waals surface area (Å²) < 4.78 is 24.5. The van der Waals surface area contributed by atoms with E-state index in [4.69, 9.17) is 18.9 Å². The van der Waals surface area contributed by atoms with Crippen molar-refractivity contribution in [2.45, 2.75) is 146 Å². The maximum Gasteiger partial charge on any atom is 0.408 e. The maximum atomic E-state index is 14.4. The molecule has 17 heteroatoms. The number of piperidine rings is 1. The lowest BCUT2D eigenvalue weighted by molar-refractivity contribution is -0.148. The Morgan fingerprint density at radius 2 is 1.67 bits per heavy atom. The molecule has 6 aliphatic rings. The number of ether oxygens (including phenoxy) is 4. The fraction of sp³-hybridized carbons (Fsp3) is 0.630. The fourth-order valence-corrected chi connectivity index (χ4v) is 10.1. The van der Waals surface area contributed by atoms with Crippen LogP contribution in [-0.2, 0) is 46.5 Å². The van der Waals surface area contributed by atoms with Crippen LogP contribution in [0.3, 0.4) is 0 Å². The van der Waals surface area contributed by atoms with Gasteiger partial charge in [-0.05, 0) is 95.9 Å². The molecule has 1 unspecified atom stereocenters. The third kappa shape index (κ3) is 9.78. The molecule has 0 bridgehead atoms. The molecule has 63 heavy (non-hydrogen) atoms. The average Bonchev–Trinajstić information content (AvgIpc) is 3.54. The van der Waals surface area contributed by atoms with Crippen molar-refractivity contribution >= 4 is 35.6 Å². The van der Waals surface area contributed by atoms with Crippen LogP contribution in [0.1, 0.15) is 119 Å². The van der Waals surface area contributed by atoms with Gasteiger partial charge < -0.3 is 43.5 Å². The zero-order valence-electron chi connectivity index (χ0n) is 36.6. The molecule has 1 spiro atoms. The molecule has 6 heterocycles. The van der Waals surface area contributed by atoms with Gasteiger partial charge in [-0.15, -0.1) is 0 Å². The molecule has 5 aliphatic heterocycles. The third-order valence-corrected chi connectivity index (χ3v) is 13.4. The van der Waals surface area contributed by atoms with Gasteiger partial charge in [-0.2, -0.15) is 0 Å². The Hall–Kier alpha value is -5.29. The van der Waals surface area contributed by atoms with E-state index in [9.17, 15) is 33.6 Å². The van der Waals surface area contributed by atoms with Crippen LogP contribution in [-0.4, -0.2) is 130 Å². The van der Waals surface area contributed by atoms with Gasteiger partial charge in [0.15, 0.2) is 0 Å². The number of hydrogen-bond acceptors (Lipinski definition) is 11. The van der Waals surface area contributed by atoms with Crippen LogP contribution in [0.2, 0.25) is 0 Å². The topological polar surface area (TPSA) is 195 Å². The molecule has 6 amide bonds. The molecule has 2 N–H and O–H groups in total. The van der Waals surface area contributed by atoms with Gasteiger partial charge in [0.25, 0.3) is 11.5 Å². The maximum absolute atomic E-state index is 14.4. The molecule has 4 saturated heterocycles. The SMILES string of the molecule is CC(C)(C)OC(=O)N[C@H]1CCCC[C@H]2CC[C@@H](C(=O)N3C[C@@H](c4ccn(CCOCCOCCOc5cccc6c5CN(C5CCC(=O)NC5=O)C6=O)c(=O)c4)CC34CC4)N2C1=O. The summed E-state index contributed by atoms with van der Waals surface area (Å²) >= 11 is 0. The number of carbonyl (C=O) groups excluding carboxylic acids is 6. The van der Waals surface area contributed by atoms with Gasteiger partial charge in [-0.25, -0.2) is 4.79 Å². The van der Waals surface area contributed by atoms with Crippen LogP contribution in [0, 0.1) is 0 Å². The van der Waals surface area contributed by atoms with Crippen molar-refractivity contribution in [3.8, 4) is 5.75 Å². The van der Waals surface area contributed by atoms with Crippen molar-refractivity contribution < 1.29 is 47.7 Å². The highest BCUT2D eigenvalue weighted by atomic mass is 16.6. The smallest absolute Gasteiger partial charge is 0.408 e. The van der Waals surface area contributed by atoms with Gasteiger partial charge in [0, 0.05) is 60.4 Å². The van der Waals surface area contributed by atoms with Crippen LogP contribution in [0.5, 0.6) is 5.75 Å². The Morgan fingerprint density at radius 3 is 2.41 bits per heavy atom. The Morgan fingerprint density at radius 1 is 0.905 bits per heavy atom. The number of imide groups is 1. The number of fused-ring (bicyclic) bond motifs is 2. The van der Waals surface area contributed by atoms with Crippen LogP contribution in [0.25, 0.3) is 0 Å². The molecule has 340 valence electrons. The molecule has 0 radical (unpaired) electrons. The fourth-order valence-electron chi connectivity index (χ4n) is 10.1. The number of pyridine rings is 1. The summed E-state index contributed by atoms with van der Waals surface area (Å²) in [6.45, 7) is 7.92. The number of aromatic nitrogens is 1. The minimum atomic E-state index is -0.740. The highest BCUT2D eigenvalue weighted by molar-refractivity contribution is 6.05. The van der Waals surface area contributed by atoms with E-state index in [-0.39, 0.29) is 72.9 Å². The minimum Gasteiger partial charge on any atom is -0.491 e. The Kier molecular flexibility index (Phi) is 13.0. The number of amides is 6. The highest BCUT2D eigenvalue weighted by Gasteiger charge is 2.58. The first-order chi connectivity index (χ1) is 30.2. The second-order valence-electron chi connectivity index (χ2n) is 18.8. The van der Waals surface area contributed by atoms with E-state index in [2.05, 4.69) is 10.6 Å². The molecule has 8 rings (SSSR count). The minimum absolute atomic E-state index is 0.0100. The summed E-state index contributed by atoms with van der Waals surface area (Å²) in [5, 5.41) is 5.12. The average molecular weight is 873 g/mol. The Bertz CT molecular complexity index is 2160. The predicted molar refractivity (Wildman–Crippen MR) is 227 cm³/mol. The summed E-state index contributed by atoms with van der Waals surface area (Å²) in [6.07, 6.45) is 8.64. The third-order valence-electron chi connectivity index (χ3n) is 13.4. The summed E-state index contributed by atoms with van der Waals surface area (Å²) in [5.41, 5.74) is 1.01. The second-order valence-corrected chi connectivity index (χ2v) is 18.8. The van der Waals surface area contributed by atoms with E-state index < -0.39 is 35.7 Å². The van der Waals surface area contributed by atoms with Crippen molar-refractivity contribution in [3.63, 3.8) is 0 Å². The van der Waals surface area contributed by atoms with E-state index in [1.54, 1.807) is 60.7 Å². The van der Waals surface area contributed by atoms with Crippen LogP contribution in [0.15, 0.2) is 41.3 Å². The first-order valence-corrected chi connectivity index (χ1v) is 22.6. The zero-order valence-corrected chi connectivity index (χ0v) is 36.6. The van der Waals surface area contributed by atoms with Gasteiger partial charge in [0.1, 0.15) is 36.1 Å². The molecular formula is C46H60N6O11. The summed E-state index contributed by atoms with van der Waals surface area (Å²) in [5.74, 6) is -0.724. The molecular weight excluding hydrogens is 813 g/mol. The van der Waals surface area contributed by atoms with E-state index in [0.717, 1.165) is 50.5 Å². The van der Waals surface area contributed by atoms with Crippen molar-refractivity contribution in [2.75, 3.05) is 39.6 Å². The number of rotatable bonds is 14. The lowest BCUT2D eigenvalue weighted by Crippen LogP contribution is -2.57. The Balaban J connectivity index is 0.771. The van der Waals surface area contributed by atoms with E-state index in [1.165, 1.54) is 4.90 Å². The molecule has 1 aliphatic carbocycles. The van der Waals surface area contributed by atoms with Crippen LogP contribution >= 0.6 is 0 Å². The van der Waals surface area contributed by atoms with Gasteiger partial charge in [-0.3, -0.25) is 34.1 Å². The monoisotopic (exact) mass is 872 g/mol. The number of hydrogen-bond donors (Lipinski definition) is 2. The van der Waals surface area contributed by atoms with E-state index in [1.807, 2.05) is 11.0 Å². The number of benzene rings is 1. The quantitative estimate of drug-likeness (QED) is 0.209. The van der Waals surface area contributed by atoms with Gasteiger partial charge in [-0.1, -0.05) is 18.9 Å². The lowest BCUT2D eigenvalue weighted by atomic mass is 9.96. The molecule has 2 aromatic rings. The number of likely N-dealkylation sites (tertiary alicyclic amines) is 1. The zero-order chi connectivity index (χ0) is 44.5. The van der Waals surface area contributed by atoms with E-state index >= 15 is 0 Å². The lowest BCUT2D eigenvalue weighted by Gasteiger charge is -2.37. The number of carbonyl (C=O) groups is 6. The predicted octanol–water partition coefficient (Wildman–Crippen LogP) is 3.40. The van der Waals surface area contributed by atoms with Crippen molar-refractivity contribution in [2.24, 2.45) is 0 Å². The molecule has 1 aromatic heterocycles. The van der Waals surface area contributed by atoms with Crippen molar-refractivity contribution in [1.29, 1.82) is 0 Å². The molecule has 1 saturated carbocycles. The standard InChI is InChI=1S/C46H60N6O11/c1-45(2,3)63-44(59)47-34-9-5-4-7-31-11-12-36(52(31)42(34)57)43(58)51-27-30(26-46(51)16-17-46)29-15-18-49(39(54)25-29)19-20-60-21-22-61-23-24-62-37-10-6-8-32-33(37)28-50(41(32)56)35-13-14-38(53)48-40(35)55/h6,8,10,15,18,25,30-31,34-36H,4-5,7,9,11-14,16-17,19-24,26-28H2,1-3H3,(H,47,59)(H,48,53,55)/t30-,31-,34-,35?,36-/m0/s1. The molecule has 17 nitrogen and oxygen atoms in total. The first-order valence-electron chi connectivity index (χ1n) is 22.6. The number of nitrogens with one attached hydrogen (secondary N) is 2. The summed E-state index contributed by atoms with van der Waals surface area (Å²) in [7, 11) is 0. The Labute approximate surface area is 367 Å². The summed E-state index contributed by atoms with van der Waals surface area (Å²) in [4.78, 5) is 96.8. The highest BCUT2D eigenvalue weighted by Crippen LogP contribution is 2.54. The normalized spacial score (nSPS) is 25.4. The molecule has 5 atom stereocenters. The van der Waals surface area contributed by atoms with Gasteiger partial charge >= 0.3 is 6.09 Å². The van der Waals surface area contributed by atoms with Gasteiger partial charge in [0.05, 0.1) is 33.0 Å². The number of alkyl carbamates (subject to hydrolysis) is 1. The first kappa shape index (κ1) is 44.3. The van der Waals surface area contributed by atoms with Crippen LogP contribution in [0.4, 0.5) is 4.79 Å². The van der Waals surface area contributed by atoms with Crippen molar-refractivity contribution in [3.05, 3.63) is 63.6 Å². The second kappa shape index (κ2) is 18.4. The molecule has 5 fully saturated rings. The number of nitrogens with zero attached hydrogens (tertiary/aromatic N) is 4. The van der Waals surface area contributed by atoms with E-state index in [0.29, 0.717) is 69.0 Å².